The molecule has 1 aliphatic heterocycles. The molecule has 92 valence electrons. The van der Waals surface area contributed by atoms with E-state index in [0.717, 1.165) is 25.3 Å². The molecule has 0 radical (unpaired) electrons. The van der Waals surface area contributed by atoms with Gasteiger partial charge in [-0.3, -0.25) is 0 Å². The van der Waals surface area contributed by atoms with Crippen LogP contribution in [-0.2, 0) is 0 Å². The minimum absolute atomic E-state index is 0.233. The summed E-state index contributed by atoms with van der Waals surface area (Å²) in [6.45, 7) is 6.30. The van der Waals surface area contributed by atoms with Crippen LogP contribution in [0.3, 0.4) is 0 Å². The third kappa shape index (κ3) is 3.34. The minimum atomic E-state index is 0.233. The molecule has 17 heavy (non-hydrogen) atoms. The number of benzene rings is 1. The van der Waals surface area contributed by atoms with Crippen LogP contribution in [0.25, 0.3) is 5.57 Å². The van der Waals surface area contributed by atoms with Gasteiger partial charge in [-0.1, -0.05) is 18.2 Å². The van der Waals surface area contributed by atoms with Crippen molar-refractivity contribution in [3.05, 3.63) is 35.9 Å². The SMILES string of the molecule is CC(C)Oc1cccc(C2=CCN(C)CC2)c1. The van der Waals surface area contributed by atoms with E-state index in [2.05, 4.69) is 50.1 Å². The molecule has 1 aliphatic rings. The van der Waals surface area contributed by atoms with Crippen molar-refractivity contribution in [3.8, 4) is 5.75 Å². The van der Waals surface area contributed by atoms with E-state index >= 15 is 0 Å². The summed E-state index contributed by atoms with van der Waals surface area (Å²) in [5, 5.41) is 0. The van der Waals surface area contributed by atoms with Crippen LogP contribution in [-0.4, -0.2) is 31.1 Å². The molecule has 1 aromatic carbocycles. The highest BCUT2D eigenvalue weighted by Gasteiger charge is 2.10. The van der Waals surface area contributed by atoms with Gasteiger partial charge in [-0.2, -0.15) is 0 Å². The van der Waals surface area contributed by atoms with Gasteiger partial charge in [0.05, 0.1) is 6.10 Å². The first-order chi connectivity index (χ1) is 8.15. The Kier molecular flexibility index (Phi) is 3.85. The summed E-state index contributed by atoms with van der Waals surface area (Å²) in [4.78, 5) is 2.33. The number of nitrogens with zero attached hydrogens (tertiary/aromatic N) is 1. The number of likely N-dealkylation sites (N-methyl/N-ethyl adjacent to an activating group) is 1. The van der Waals surface area contributed by atoms with Crippen molar-refractivity contribution in [2.75, 3.05) is 20.1 Å². The number of ether oxygens (including phenoxy) is 1. The molecule has 0 saturated carbocycles. The minimum Gasteiger partial charge on any atom is -0.491 e. The molecule has 0 bridgehead atoms. The number of hydrogen-bond donors (Lipinski definition) is 0. The largest absolute Gasteiger partial charge is 0.491 e. The van der Waals surface area contributed by atoms with Gasteiger partial charge < -0.3 is 9.64 Å². The van der Waals surface area contributed by atoms with Crippen LogP contribution in [0.4, 0.5) is 0 Å². The van der Waals surface area contributed by atoms with Crippen molar-refractivity contribution in [2.45, 2.75) is 26.4 Å². The van der Waals surface area contributed by atoms with Crippen molar-refractivity contribution in [2.24, 2.45) is 0 Å². The smallest absolute Gasteiger partial charge is 0.120 e. The molecular formula is C15H21NO. The second kappa shape index (κ2) is 5.37. The molecule has 1 aromatic rings. The Morgan fingerprint density at radius 1 is 1.29 bits per heavy atom. The highest BCUT2D eigenvalue weighted by molar-refractivity contribution is 5.67. The van der Waals surface area contributed by atoms with Crippen LogP contribution in [0, 0.1) is 0 Å². The van der Waals surface area contributed by atoms with E-state index < -0.39 is 0 Å². The Hall–Kier alpha value is -1.28. The lowest BCUT2D eigenvalue weighted by Gasteiger charge is -2.22. The van der Waals surface area contributed by atoms with Crippen LogP contribution in [0.5, 0.6) is 5.75 Å². The normalized spacial score (nSPS) is 17.1. The highest BCUT2D eigenvalue weighted by Crippen LogP contribution is 2.25. The fourth-order valence-corrected chi connectivity index (χ4v) is 2.07. The van der Waals surface area contributed by atoms with E-state index in [1.54, 1.807) is 0 Å². The standard InChI is InChI=1S/C15H21NO/c1-12(2)17-15-6-4-5-14(11-15)13-7-9-16(3)10-8-13/h4-7,11-12H,8-10H2,1-3H3. The van der Waals surface area contributed by atoms with Crippen LogP contribution in [0.2, 0.25) is 0 Å². The first-order valence-electron chi connectivity index (χ1n) is 6.30. The maximum atomic E-state index is 5.73. The quantitative estimate of drug-likeness (QED) is 0.792. The van der Waals surface area contributed by atoms with Crippen LogP contribution < -0.4 is 4.74 Å². The zero-order valence-electron chi connectivity index (χ0n) is 10.9. The summed E-state index contributed by atoms with van der Waals surface area (Å²) in [5.74, 6) is 0.970. The maximum Gasteiger partial charge on any atom is 0.120 e. The molecular weight excluding hydrogens is 210 g/mol. The number of rotatable bonds is 3. The summed E-state index contributed by atoms with van der Waals surface area (Å²) < 4.78 is 5.73. The molecule has 0 spiro atoms. The first-order valence-corrected chi connectivity index (χ1v) is 6.30. The summed E-state index contributed by atoms with van der Waals surface area (Å²) in [5.41, 5.74) is 2.74. The molecule has 1 heterocycles. The fourth-order valence-electron chi connectivity index (χ4n) is 2.07. The van der Waals surface area contributed by atoms with Crippen LogP contribution in [0.1, 0.15) is 25.8 Å². The van der Waals surface area contributed by atoms with Gasteiger partial charge in [-0.05, 0) is 50.6 Å². The predicted octanol–water partition coefficient (Wildman–Crippen LogP) is 3.19. The Bertz CT molecular complexity index is 409. The summed E-state index contributed by atoms with van der Waals surface area (Å²) in [7, 11) is 2.16. The van der Waals surface area contributed by atoms with Crippen molar-refractivity contribution in [1.82, 2.24) is 4.90 Å². The summed E-state index contributed by atoms with van der Waals surface area (Å²) >= 11 is 0. The van der Waals surface area contributed by atoms with E-state index in [0.29, 0.717) is 0 Å². The lowest BCUT2D eigenvalue weighted by molar-refractivity contribution is 0.242. The fraction of sp³-hybridized carbons (Fsp3) is 0.467. The van der Waals surface area contributed by atoms with Crippen molar-refractivity contribution >= 4 is 5.57 Å². The van der Waals surface area contributed by atoms with E-state index in [1.165, 1.54) is 11.1 Å². The zero-order valence-corrected chi connectivity index (χ0v) is 10.9. The second-order valence-corrected chi connectivity index (χ2v) is 4.94. The number of hydrogen-bond acceptors (Lipinski definition) is 2. The van der Waals surface area contributed by atoms with Crippen molar-refractivity contribution in [1.29, 1.82) is 0 Å². The van der Waals surface area contributed by atoms with E-state index in [9.17, 15) is 0 Å². The molecule has 0 N–H and O–H groups in total. The molecule has 0 saturated heterocycles. The zero-order chi connectivity index (χ0) is 12.3. The topological polar surface area (TPSA) is 12.5 Å². The van der Waals surface area contributed by atoms with Gasteiger partial charge in [-0.15, -0.1) is 0 Å². The summed E-state index contributed by atoms with van der Waals surface area (Å²) in [6.07, 6.45) is 3.68. The average Bonchev–Trinajstić information content (AvgIpc) is 2.29. The van der Waals surface area contributed by atoms with Gasteiger partial charge in [0.2, 0.25) is 0 Å². The van der Waals surface area contributed by atoms with Crippen molar-refractivity contribution in [3.63, 3.8) is 0 Å². The monoisotopic (exact) mass is 231 g/mol. The molecule has 2 heteroatoms. The van der Waals surface area contributed by atoms with Crippen molar-refractivity contribution < 1.29 is 4.74 Å². The second-order valence-electron chi connectivity index (χ2n) is 4.94. The van der Waals surface area contributed by atoms with Gasteiger partial charge in [0.1, 0.15) is 5.75 Å². The average molecular weight is 231 g/mol. The van der Waals surface area contributed by atoms with Gasteiger partial charge >= 0.3 is 0 Å². The van der Waals surface area contributed by atoms with Gasteiger partial charge in [0, 0.05) is 13.1 Å². The predicted molar refractivity (Wildman–Crippen MR) is 72.3 cm³/mol. The lowest BCUT2D eigenvalue weighted by atomic mass is 9.99. The lowest BCUT2D eigenvalue weighted by Crippen LogP contribution is -2.23. The van der Waals surface area contributed by atoms with Gasteiger partial charge in [0.25, 0.3) is 0 Å². The van der Waals surface area contributed by atoms with E-state index in [1.807, 2.05) is 6.07 Å². The molecule has 0 atom stereocenters. The van der Waals surface area contributed by atoms with Gasteiger partial charge in [0.15, 0.2) is 0 Å². The van der Waals surface area contributed by atoms with Crippen LogP contribution in [0.15, 0.2) is 30.3 Å². The molecule has 0 unspecified atom stereocenters. The Balaban J connectivity index is 2.16. The van der Waals surface area contributed by atoms with E-state index in [-0.39, 0.29) is 6.10 Å². The van der Waals surface area contributed by atoms with Gasteiger partial charge in [-0.25, -0.2) is 0 Å². The van der Waals surface area contributed by atoms with E-state index in [4.69, 9.17) is 4.74 Å². The molecule has 0 aromatic heterocycles. The summed E-state index contributed by atoms with van der Waals surface area (Å²) in [6, 6.07) is 8.42. The highest BCUT2D eigenvalue weighted by atomic mass is 16.5. The molecule has 0 fully saturated rings. The molecule has 0 amide bonds. The molecule has 0 aliphatic carbocycles. The Morgan fingerprint density at radius 2 is 2.12 bits per heavy atom. The first kappa shape index (κ1) is 12.2. The Morgan fingerprint density at radius 3 is 2.76 bits per heavy atom. The Labute approximate surface area is 104 Å². The molecule has 2 nitrogen and oxygen atoms in total. The van der Waals surface area contributed by atoms with Crippen LogP contribution >= 0.6 is 0 Å². The third-order valence-corrected chi connectivity index (χ3v) is 2.99. The molecule has 2 rings (SSSR count). The third-order valence-electron chi connectivity index (χ3n) is 2.99. The maximum absolute atomic E-state index is 5.73.